The van der Waals surface area contributed by atoms with Gasteiger partial charge < -0.3 is 14.2 Å². The molecule has 8 rings (SSSR count). The summed E-state index contributed by atoms with van der Waals surface area (Å²) >= 11 is 0. The highest BCUT2D eigenvalue weighted by molar-refractivity contribution is 6.09. The molecule has 1 atom stereocenters. The molecule has 1 aliphatic carbocycles. The van der Waals surface area contributed by atoms with E-state index in [1.165, 1.54) is 5.56 Å². The molecular weight excluding hydrogens is 548 g/mol. The summed E-state index contributed by atoms with van der Waals surface area (Å²) in [6.45, 7) is 0. The average molecular weight is 581 g/mol. The van der Waals surface area contributed by atoms with E-state index in [9.17, 15) is 0 Å². The normalized spacial score (nSPS) is 14.4. The van der Waals surface area contributed by atoms with Crippen LogP contribution in [0, 0.1) is 0 Å². The maximum Gasteiger partial charge on any atom is 0.159 e. The number of hydrogen-bond donors (Lipinski definition) is 0. The van der Waals surface area contributed by atoms with E-state index >= 15 is 0 Å². The second kappa shape index (κ2) is 11.7. The lowest BCUT2D eigenvalue weighted by atomic mass is 9.91. The lowest BCUT2D eigenvalue weighted by Crippen LogP contribution is -2.17. The van der Waals surface area contributed by atoms with Crippen LogP contribution < -0.4 is 9.80 Å². The highest BCUT2D eigenvalue weighted by Crippen LogP contribution is 2.42. The van der Waals surface area contributed by atoms with Gasteiger partial charge in [0, 0.05) is 45.1 Å². The van der Waals surface area contributed by atoms with Gasteiger partial charge in [-0.2, -0.15) is 0 Å². The molecule has 0 spiro atoms. The molecule has 0 bridgehead atoms. The van der Waals surface area contributed by atoms with Crippen LogP contribution in [0.15, 0.2) is 186 Å². The monoisotopic (exact) mass is 580 g/mol. The Labute approximate surface area is 263 Å². The molecule has 216 valence electrons. The van der Waals surface area contributed by atoms with Crippen LogP contribution >= 0.6 is 0 Å². The van der Waals surface area contributed by atoms with E-state index in [0.29, 0.717) is 5.92 Å². The Morgan fingerprint density at radius 2 is 1.04 bits per heavy atom. The molecule has 1 aliphatic rings. The van der Waals surface area contributed by atoms with Gasteiger partial charge in [-0.3, -0.25) is 0 Å². The van der Waals surface area contributed by atoms with Gasteiger partial charge in [0.15, 0.2) is 5.58 Å². The molecule has 6 aromatic carbocycles. The fourth-order valence-corrected chi connectivity index (χ4v) is 6.41. The van der Waals surface area contributed by atoms with Crippen LogP contribution in [0.3, 0.4) is 0 Å². The summed E-state index contributed by atoms with van der Waals surface area (Å²) in [4.78, 5) is 4.62. The molecule has 1 heterocycles. The molecule has 0 saturated heterocycles. The average Bonchev–Trinajstić information content (AvgIpc) is 3.50. The molecule has 0 radical (unpaired) electrons. The van der Waals surface area contributed by atoms with E-state index < -0.39 is 0 Å². The Hall–Kier alpha value is -5.80. The summed E-state index contributed by atoms with van der Waals surface area (Å²) in [5.41, 5.74) is 9.81. The molecule has 45 heavy (non-hydrogen) atoms. The molecule has 0 saturated carbocycles. The molecule has 1 unspecified atom stereocenters. The Bertz CT molecular complexity index is 2090. The van der Waals surface area contributed by atoms with Gasteiger partial charge in [-0.25, -0.2) is 0 Å². The van der Waals surface area contributed by atoms with Crippen LogP contribution in [0.2, 0.25) is 0 Å². The predicted molar refractivity (Wildman–Crippen MR) is 188 cm³/mol. The first-order valence-corrected chi connectivity index (χ1v) is 15.5. The van der Waals surface area contributed by atoms with Crippen LogP contribution in [0.5, 0.6) is 0 Å². The Balaban J connectivity index is 1.11. The van der Waals surface area contributed by atoms with Crippen molar-refractivity contribution < 1.29 is 4.42 Å². The van der Waals surface area contributed by atoms with Crippen LogP contribution in [0.1, 0.15) is 17.9 Å². The number of nitrogens with zero attached hydrogens (tertiary/aromatic N) is 2. The number of rotatable bonds is 7. The lowest BCUT2D eigenvalue weighted by Gasteiger charge is -2.29. The lowest BCUT2D eigenvalue weighted by molar-refractivity contribution is 0.668. The fourth-order valence-electron chi connectivity index (χ4n) is 6.41. The molecule has 7 aromatic rings. The largest absolute Gasteiger partial charge is 0.454 e. The van der Waals surface area contributed by atoms with Gasteiger partial charge in [0.2, 0.25) is 0 Å². The van der Waals surface area contributed by atoms with Crippen LogP contribution in [0.25, 0.3) is 21.9 Å². The fraction of sp³-hybridized carbons (Fsp3) is 0.0476. The minimum absolute atomic E-state index is 0.296. The number of benzene rings is 6. The first kappa shape index (κ1) is 26.8. The Morgan fingerprint density at radius 3 is 1.67 bits per heavy atom. The van der Waals surface area contributed by atoms with Crippen molar-refractivity contribution >= 4 is 50.4 Å². The van der Waals surface area contributed by atoms with E-state index in [0.717, 1.165) is 62.5 Å². The first-order chi connectivity index (χ1) is 22.3. The smallest absolute Gasteiger partial charge is 0.159 e. The first-order valence-electron chi connectivity index (χ1n) is 15.5. The zero-order valence-corrected chi connectivity index (χ0v) is 24.8. The third-order valence-corrected chi connectivity index (χ3v) is 8.59. The second-order valence-electron chi connectivity index (χ2n) is 11.4. The zero-order chi connectivity index (χ0) is 30.0. The molecule has 3 nitrogen and oxygen atoms in total. The molecule has 1 aromatic heterocycles. The van der Waals surface area contributed by atoms with E-state index in [1.807, 2.05) is 12.1 Å². The summed E-state index contributed by atoms with van der Waals surface area (Å²) < 4.78 is 6.46. The second-order valence-corrected chi connectivity index (χ2v) is 11.4. The number of allylic oxidation sites excluding steroid dienone is 3. The molecular formula is C42H32N2O. The van der Waals surface area contributed by atoms with E-state index in [-0.39, 0.29) is 0 Å². The van der Waals surface area contributed by atoms with Crippen LogP contribution in [0.4, 0.5) is 28.4 Å². The number of fused-ring (bicyclic) bond motifs is 3. The molecule has 0 amide bonds. The van der Waals surface area contributed by atoms with Crippen molar-refractivity contribution in [3.05, 3.63) is 187 Å². The minimum Gasteiger partial charge on any atom is -0.454 e. The van der Waals surface area contributed by atoms with Crippen molar-refractivity contribution in [1.29, 1.82) is 0 Å². The summed E-state index contributed by atoms with van der Waals surface area (Å²) in [6, 6.07) is 55.4. The number of furan rings is 1. The SMILES string of the molecule is C1=CC(c2ccc(N(c3ccccc3)c3ccccc3)cc2)CC=C1N(c1ccccc1)c1cccc2c1oc1ccccc12. The van der Waals surface area contributed by atoms with Crippen molar-refractivity contribution in [2.75, 3.05) is 9.80 Å². The quantitative estimate of drug-likeness (QED) is 0.187. The third-order valence-electron chi connectivity index (χ3n) is 8.59. The molecule has 0 fully saturated rings. The van der Waals surface area contributed by atoms with Gasteiger partial charge >= 0.3 is 0 Å². The minimum atomic E-state index is 0.296. The van der Waals surface area contributed by atoms with Gasteiger partial charge in [0.25, 0.3) is 0 Å². The molecule has 0 aliphatic heterocycles. The summed E-state index contributed by atoms with van der Waals surface area (Å²) in [5.74, 6) is 0.296. The summed E-state index contributed by atoms with van der Waals surface area (Å²) in [7, 11) is 0. The van der Waals surface area contributed by atoms with Crippen molar-refractivity contribution in [3.63, 3.8) is 0 Å². The Morgan fingerprint density at radius 1 is 0.489 bits per heavy atom. The van der Waals surface area contributed by atoms with E-state index in [4.69, 9.17) is 4.42 Å². The van der Waals surface area contributed by atoms with Gasteiger partial charge in [0.05, 0.1) is 5.69 Å². The summed E-state index contributed by atoms with van der Waals surface area (Å²) in [6.07, 6.45) is 7.86. The number of hydrogen-bond acceptors (Lipinski definition) is 3. The number of para-hydroxylation sites is 5. The summed E-state index contributed by atoms with van der Waals surface area (Å²) in [5, 5.41) is 2.26. The van der Waals surface area contributed by atoms with Crippen molar-refractivity contribution in [2.24, 2.45) is 0 Å². The predicted octanol–water partition coefficient (Wildman–Crippen LogP) is 11.8. The van der Waals surface area contributed by atoms with Crippen LogP contribution in [-0.4, -0.2) is 0 Å². The third kappa shape index (κ3) is 5.09. The maximum atomic E-state index is 6.46. The van der Waals surface area contributed by atoms with Crippen LogP contribution in [-0.2, 0) is 0 Å². The maximum absolute atomic E-state index is 6.46. The highest BCUT2D eigenvalue weighted by atomic mass is 16.3. The van der Waals surface area contributed by atoms with Crippen molar-refractivity contribution in [2.45, 2.75) is 12.3 Å². The van der Waals surface area contributed by atoms with E-state index in [1.54, 1.807) is 0 Å². The number of anilines is 5. The van der Waals surface area contributed by atoms with Crippen molar-refractivity contribution in [1.82, 2.24) is 0 Å². The zero-order valence-electron chi connectivity index (χ0n) is 24.8. The topological polar surface area (TPSA) is 19.6 Å². The van der Waals surface area contributed by atoms with Gasteiger partial charge in [-0.15, -0.1) is 0 Å². The van der Waals surface area contributed by atoms with E-state index in [2.05, 4.69) is 174 Å². The molecule has 3 heteroatoms. The Kier molecular flexibility index (Phi) is 6.97. The van der Waals surface area contributed by atoms with Gasteiger partial charge in [-0.05, 0) is 78.7 Å². The van der Waals surface area contributed by atoms with Gasteiger partial charge in [-0.1, -0.05) is 109 Å². The van der Waals surface area contributed by atoms with Crippen molar-refractivity contribution in [3.8, 4) is 0 Å². The molecule has 0 N–H and O–H groups in total. The van der Waals surface area contributed by atoms with Gasteiger partial charge in [0.1, 0.15) is 5.58 Å². The highest BCUT2D eigenvalue weighted by Gasteiger charge is 2.22. The standard InChI is InChI=1S/C42H32N2O/c1-4-13-33(14-5-1)43(34-15-6-2-7-16-34)36-27-23-31(24-28-36)32-25-29-37(30-26-32)44(35-17-8-3-9-18-35)40-21-12-20-39-38-19-10-11-22-41(38)45-42(39)40/h1-25,27-30,32H,26H2.